The summed E-state index contributed by atoms with van der Waals surface area (Å²) in [7, 11) is 0. The quantitative estimate of drug-likeness (QED) is 0.764. The summed E-state index contributed by atoms with van der Waals surface area (Å²) in [5.74, 6) is 1.42. The number of carbonyl (C=O) groups excluding carboxylic acids is 1. The molecule has 0 fully saturated rings. The minimum atomic E-state index is -0.262. The van der Waals surface area contributed by atoms with Crippen LogP contribution in [0, 0.1) is 20.8 Å². The average molecular weight is 344 g/mol. The van der Waals surface area contributed by atoms with E-state index in [4.69, 9.17) is 9.26 Å². The number of hydrogen-bond acceptors (Lipinski definition) is 7. The highest BCUT2D eigenvalue weighted by Gasteiger charge is 2.17. The first-order valence-electron chi connectivity index (χ1n) is 7.27. The first-order valence-corrected chi connectivity index (χ1v) is 8.09. The monoisotopic (exact) mass is 344 g/mol. The maximum atomic E-state index is 12.3. The van der Waals surface area contributed by atoms with Crippen molar-refractivity contribution in [2.75, 3.05) is 5.32 Å². The molecule has 0 atom stereocenters. The maximum Gasteiger partial charge on any atom is 0.268 e. The molecule has 3 heterocycles. The van der Waals surface area contributed by atoms with Gasteiger partial charge >= 0.3 is 0 Å². The Morgan fingerprint density at radius 1 is 1.33 bits per heavy atom. The number of nitrogens with zero attached hydrogens (tertiary/aromatic N) is 3. The molecule has 0 radical (unpaired) electrons. The summed E-state index contributed by atoms with van der Waals surface area (Å²) in [4.78, 5) is 21.4. The number of aromatic nitrogens is 3. The Bertz CT molecular complexity index is 855. The zero-order chi connectivity index (χ0) is 17.1. The molecule has 8 heteroatoms. The van der Waals surface area contributed by atoms with Gasteiger partial charge in [-0.3, -0.25) is 9.78 Å². The number of anilines is 1. The van der Waals surface area contributed by atoms with Gasteiger partial charge in [0.05, 0.1) is 11.9 Å². The van der Waals surface area contributed by atoms with Gasteiger partial charge in [0.15, 0.2) is 5.82 Å². The topological polar surface area (TPSA) is 90.1 Å². The summed E-state index contributed by atoms with van der Waals surface area (Å²) in [5.41, 5.74) is 1.58. The highest BCUT2D eigenvalue weighted by molar-refractivity contribution is 7.13. The van der Waals surface area contributed by atoms with Gasteiger partial charge in [-0.2, -0.15) is 0 Å². The number of nitrogens with one attached hydrogen (secondary N) is 1. The van der Waals surface area contributed by atoms with E-state index >= 15 is 0 Å². The molecule has 3 aromatic heterocycles. The van der Waals surface area contributed by atoms with Gasteiger partial charge in [-0.05, 0) is 32.9 Å². The third kappa shape index (κ3) is 3.77. The van der Waals surface area contributed by atoms with Crippen molar-refractivity contribution < 1.29 is 14.1 Å². The van der Waals surface area contributed by atoms with Gasteiger partial charge in [0, 0.05) is 11.8 Å². The van der Waals surface area contributed by atoms with Crippen LogP contribution in [0.2, 0.25) is 0 Å². The second-order valence-electron chi connectivity index (χ2n) is 5.22. The number of rotatable bonds is 5. The lowest BCUT2D eigenvalue weighted by atomic mass is 10.3. The van der Waals surface area contributed by atoms with Crippen LogP contribution in [0.3, 0.4) is 0 Å². The van der Waals surface area contributed by atoms with Crippen LogP contribution in [0.25, 0.3) is 0 Å². The van der Waals surface area contributed by atoms with E-state index in [1.54, 1.807) is 26.1 Å². The lowest BCUT2D eigenvalue weighted by Crippen LogP contribution is -2.11. The summed E-state index contributed by atoms with van der Waals surface area (Å²) >= 11 is 1.29. The molecule has 3 aromatic rings. The van der Waals surface area contributed by atoms with E-state index in [-0.39, 0.29) is 12.5 Å². The molecule has 1 N–H and O–H groups in total. The van der Waals surface area contributed by atoms with Gasteiger partial charge in [0.2, 0.25) is 0 Å². The lowest BCUT2D eigenvalue weighted by Gasteiger charge is -2.03. The molecule has 0 aliphatic heterocycles. The summed E-state index contributed by atoms with van der Waals surface area (Å²) in [6, 6.07) is 5.38. The van der Waals surface area contributed by atoms with Crippen LogP contribution >= 0.6 is 11.3 Å². The summed E-state index contributed by atoms with van der Waals surface area (Å²) < 4.78 is 10.6. The van der Waals surface area contributed by atoms with E-state index in [0.717, 1.165) is 10.7 Å². The van der Waals surface area contributed by atoms with Crippen LogP contribution in [0.5, 0.6) is 5.75 Å². The second kappa shape index (κ2) is 6.79. The Balaban J connectivity index is 1.65. The SMILES string of the molecule is Cc1ccc(OCc2nc(C)c(C(=O)Nc3cc(C)on3)s2)cn1. The van der Waals surface area contributed by atoms with Crippen LogP contribution in [0.15, 0.2) is 28.9 Å². The van der Waals surface area contributed by atoms with E-state index < -0.39 is 0 Å². The Kier molecular flexibility index (Phi) is 4.57. The van der Waals surface area contributed by atoms with Crippen molar-refractivity contribution in [3.8, 4) is 5.75 Å². The average Bonchev–Trinajstić information content (AvgIpc) is 3.12. The van der Waals surface area contributed by atoms with E-state index in [0.29, 0.717) is 27.9 Å². The molecule has 0 saturated carbocycles. The molecule has 0 aliphatic carbocycles. The van der Waals surface area contributed by atoms with Gasteiger partial charge in [0.25, 0.3) is 5.91 Å². The highest BCUT2D eigenvalue weighted by Crippen LogP contribution is 2.21. The predicted molar refractivity (Wildman–Crippen MR) is 89.4 cm³/mol. The van der Waals surface area contributed by atoms with Crippen LogP contribution < -0.4 is 10.1 Å². The Morgan fingerprint density at radius 2 is 2.17 bits per heavy atom. The third-order valence-corrected chi connectivity index (χ3v) is 4.29. The Hall–Kier alpha value is -2.74. The van der Waals surface area contributed by atoms with Crippen LogP contribution in [-0.2, 0) is 6.61 Å². The number of hydrogen-bond donors (Lipinski definition) is 1. The van der Waals surface area contributed by atoms with E-state index in [2.05, 4.69) is 20.4 Å². The molecule has 3 rings (SSSR count). The molecule has 0 aliphatic rings. The number of ether oxygens (including phenoxy) is 1. The first kappa shape index (κ1) is 16.1. The lowest BCUT2D eigenvalue weighted by molar-refractivity contribution is 0.102. The molecule has 0 spiro atoms. The zero-order valence-electron chi connectivity index (χ0n) is 13.5. The Morgan fingerprint density at radius 3 is 2.83 bits per heavy atom. The summed E-state index contributed by atoms with van der Waals surface area (Å²) in [5, 5.41) is 7.15. The molecule has 0 aromatic carbocycles. The third-order valence-electron chi connectivity index (χ3n) is 3.16. The molecule has 7 nitrogen and oxygen atoms in total. The first-order chi connectivity index (χ1) is 11.5. The Labute approximate surface area is 142 Å². The van der Waals surface area contributed by atoms with E-state index in [9.17, 15) is 4.79 Å². The van der Waals surface area contributed by atoms with Crippen molar-refractivity contribution in [3.05, 3.63) is 51.4 Å². The second-order valence-corrected chi connectivity index (χ2v) is 6.31. The molecule has 24 heavy (non-hydrogen) atoms. The van der Waals surface area contributed by atoms with E-state index in [1.807, 2.05) is 19.1 Å². The van der Waals surface area contributed by atoms with Crippen molar-refractivity contribution in [1.82, 2.24) is 15.1 Å². The van der Waals surface area contributed by atoms with Crippen molar-refractivity contribution in [1.29, 1.82) is 0 Å². The number of aryl methyl sites for hydroxylation is 3. The fourth-order valence-corrected chi connectivity index (χ4v) is 2.88. The molecule has 1 amide bonds. The van der Waals surface area contributed by atoms with E-state index in [1.165, 1.54) is 11.3 Å². The largest absolute Gasteiger partial charge is 0.485 e. The van der Waals surface area contributed by atoms with Crippen molar-refractivity contribution in [2.24, 2.45) is 0 Å². The minimum Gasteiger partial charge on any atom is -0.485 e. The summed E-state index contributed by atoms with van der Waals surface area (Å²) in [6.07, 6.45) is 1.66. The smallest absolute Gasteiger partial charge is 0.268 e. The fraction of sp³-hybridized carbons (Fsp3) is 0.250. The standard InChI is InChI=1S/C16H16N4O3S/c1-9-4-5-12(7-17-9)22-8-14-18-11(3)15(24-14)16(21)19-13-6-10(2)23-20-13/h4-7H,8H2,1-3H3,(H,19,20,21). The van der Waals surface area contributed by atoms with Gasteiger partial charge in [-0.25, -0.2) is 4.98 Å². The van der Waals surface area contributed by atoms with Crippen LogP contribution in [0.4, 0.5) is 5.82 Å². The van der Waals surface area contributed by atoms with Crippen molar-refractivity contribution in [2.45, 2.75) is 27.4 Å². The molecule has 0 unspecified atom stereocenters. The van der Waals surface area contributed by atoms with Crippen molar-refractivity contribution >= 4 is 23.1 Å². The molecule has 0 saturated heterocycles. The molecular formula is C16H16N4O3S. The van der Waals surface area contributed by atoms with Gasteiger partial charge in [-0.1, -0.05) is 5.16 Å². The minimum absolute atomic E-state index is 0.262. The van der Waals surface area contributed by atoms with Gasteiger partial charge < -0.3 is 14.6 Å². The zero-order valence-corrected chi connectivity index (χ0v) is 14.3. The van der Waals surface area contributed by atoms with Crippen LogP contribution in [-0.4, -0.2) is 21.0 Å². The molecular weight excluding hydrogens is 328 g/mol. The highest BCUT2D eigenvalue weighted by atomic mass is 32.1. The number of carbonyl (C=O) groups is 1. The number of amides is 1. The fourth-order valence-electron chi connectivity index (χ4n) is 2.01. The maximum absolute atomic E-state index is 12.3. The number of thiazole rings is 1. The predicted octanol–water partition coefficient (Wildman–Crippen LogP) is 3.28. The molecule has 0 bridgehead atoms. The number of pyridine rings is 1. The summed E-state index contributed by atoms with van der Waals surface area (Å²) in [6.45, 7) is 5.74. The normalized spacial score (nSPS) is 10.6. The van der Waals surface area contributed by atoms with Crippen LogP contribution in [0.1, 0.15) is 31.8 Å². The van der Waals surface area contributed by atoms with Crippen molar-refractivity contribution in [3.63, 3.8) is 0 Å². The van der Waals surface area contributed by atoms with Gasteiger partial charge in [0.1, 0.15) is 28.0 Å². The van der Waals surface area contributed by atoms with Gasteiger partial charge in [-0.15, -0.1) is 11.3 Å². The molecule has 124 valence electrons.